The van der Waals surface area contributed by atoms with Crippen molar-refractivity contribution in [2.75, 3.05) is 23.3 Å². The first-order valence-electron chi connectivity index (χ1n) is 7.19. The summed E-state index contributed by atoms with van der Waals surface area (Å²) in [5, 5.41) is 11.7. The quantitative estimate of drug-likeness (QED) is 0.920. The number of hydrogen-bond donors (Lipinski definition) is 1. The lowest BCUT2D eigenvalue weighted by Crippen LogP contribution is -2.22. The number of rotatable bonds is 5. The van der Waals surface area contributed by atoms with E-state index in [0.717, 1.165) is 18.8 Å². The number of anilines is 2. The van der Waals surface area contributed by atoms with Crippen LogP contribution in [0.1, 0.15) is 29.8 Å². The highest BCUT2D eigenvalue weighted by molar-refractivity contribution is 6.04. The van der Waals surface area contributed by atoms with Crippen LogP contribution in [0, 0.1) is 11.3 Å². The first-order chi connectivity index (χ1) is 10.7. The zero-order valence-corrected chi connectivity index (χ0v) is 12.7. The van der Waals surface area contributed by atoms with Crippen molar-refractivity contribution < 1.29 is 4.79 Å². The molecule has 0 bridgehead atoms. The minimum absolute atomic E-state index is 0.239. The van der Waals surface area contributed by atoms with Crippen molar-refractivity contribution in [3.8, 4) is 6.07 Å². The Labute approximate surface area is 130 Å². The standard InChI is InChI=1S/C17H18N4O/c1-3-21(4-2)16-9-14(11-19-12-16)17(22)20-15-7-5-6-13(8-15)10-18/h5-9,11-12H,3-4H2,1-2H3,(H,20,22). The fourth-order valence-corrected chi connectivity index (χ4v) is 2.18. The molecular formula is C17H18N4O. The van der Waals surface area contributed by atoms with E-state index >= 15 is 0 Å². The summed E-state index contributed by atoms with van der Waals surface area (Å²) in [7, 11) is 0. The predicted octanol–water partition coefficient (Wildman–Crippen LogP) is 3.05. The summed E-state index contributed by atoms with van der Waals surface area (Å²) in [5.41, 5.74) is 2.51. The molecule has 0 saturated heterocycles. The molecule has 0 aliphatic rings. The van der Waals surface area contributed by atoms with Crippen molar-refractivity contribution in [2.45, 2.75) is 13.8 Å². The van der Waals surface area contributed by atoms with E-state index in [0.29, 0.717) is 16.8 Å². The Balaban J connectivity index is 2.19. The van der Waals surface area contributed by atoms with Gasteiger partial charge in [-0.05, 0) is 38.1 Å². The van der Waals surface area contributed by atoms with E-state index in [9.17, 15) is 4.79 Å². The third-order valence-corrected chi connectivity index (χ3v) is 3.36. The lowest BCUT2D eigenvalue weighted by atomic mass is 10.2. The smallest absolute Gasteiger partial charge is 0.257 e. The van der Waals surface area contributed by atoms with Gasteiger partial charge in [0.25, 0.3) is 5.91 Å². The molecule has 1 amide bonds. The van der Waals surface area contributed by atoms with E-state index in [1.807, 2.05) is 12.1 Å². The van der Waals surface area contributed by atoms with Gasteiger partial charge in [0.1, 0.15) is 0 Å². The first-order valence-corrected chi connectivity index (χ1v) is 7.19. The number of nitrogens with zero attached hydrogens (tertiary/aromatic N) is 3. The Morgan fingerprint density at radius 2 is 2.05 bits per heavy atom. The summed E-state index contributed by atoms with van der Waals surface area (Å²) in [4.78, 5) is 18.6. The largest absolute Gasteiger partial charge is 0.371 e. The van der Waals surface area contributed by atoms with Gasteiger partial charge in [-0.15, -0.1) is 0 Å². The minimum atomic E-state index is -0.239. The highest BCUT2D eigenvalue weighted by atomic mass is 16.1. The molecule has 5 nitrogen and oxygen atoms in total. The molecule has 22 heavy (non-hydrogen) atoms. The van der Waals surface area contributed by atoms with Crippen LogP contribution in [-0.4, -0.2) is 24.0 Å². The van der Waals surface area contributed by atoms with Crippen LogP contribution in [0.25, 0.3) is 0 Å². The predicted molar refractivity (Wildman–Crippen MR) is 86.9 cm³/mol. The summed E-state index contributed by atoms with van der Waals surface area (Å²) in [6, 6.07) is 10.7. The van der Waals surface area contributed by atoms with Crippen molar-refractivity contribution >= 4 is 17.3 Å². The number of benzene rings is 1. The van der Waals surface area contributed by atoms with Gasteiger partial charge in [0.15, 0.2) is 0 Å². The van der Waals surface area contributed by atoms with Crippen LogP contribution in [-0.2, 0) is 0 Å². The molecule has 1 aromatic heterocycles. The highest BCUT2D eigenvalue weighted by Gasteiger charge is 2.10. The lowest BCUT2D eigenvalue weighted by molar-refractivity contribution is 0.102. The van der Waals surface area contributed by atoms with Crippen molar-refractivity contribution in [2.24, 2.45) is 0 Å². The molecule has 1 N–H and O–H groups in total. The third-order valence-electron chi connectivity index (χ3n) is 3.36. The van der Waals surface area contributed by atoms with Gasteiger partial charge in [0.05, 0.1) is 29.1 Å². The molecule has 0 radical (unpaired) electrons. The second-order valence-electron chi connectivity index (χ2n) is 4.75. The molecule has 0 saturated carbocycles. The number of aromatic nitrogens is 1. The second kappa shape index (κ2) is 7.23. The van der Waals surface area contributed by atoms with Crippen LogP contribution in [0.3, 0.4) is 0 Å². The van der Waals surface area contributed by atoms with Gasteiger partial charge in [-0.2, -0.15) is 5.26 Å². The molecule has 0 atom stereocenters. The van der Waals surface area contributed by atoms with E-state index in [1.54, 1.807) is 30.5 Å². The van der Waals surface area contributed by atoms with Crippen molar-refractivity contribution in [1.82, 2.24) is 4.98 Å². The normalized spacial score (nSPS) is 9.86. The summed E-state index contributed by atoms with van der Waals surface area (Å²) in [6.45, 7) is 5.83. The van der Waals surface area contributed by atoms with E-state index in [4.69, 9.17) is 5.26 Å². The van der Waals surface area contributed by atoms with E-state index in [1.165, 1.54) is 6.20 Å². The maximum Gasteiger partial charge on any atom is 0.257 e. The fraction of sp³-hybridized carbons (Fsp3) is 0.235. The van der Waals surface area contributed by atoms with Crippen LogP contribution in [0.5, 0.6) is 0 Å². The van der Waals surface area contributed by atoms with Crippen LogP contribution in [0.4, 0.5) is 11.4 Å². The van der Waals surface area contributed by atoms with E-state index in [-0.39, 0.29) is 5.91 Å². The Hall–Kier alpha value is -2.87. The molecule has 0 unspecified atom stereocenters. The molecule has 0 aliphatic carbocycles. The van der Waals surface area contributed by atoms with Crippen LogP contribution in [0.2, 0.25) is 0 Å². The van der Waals surface area contributed by atoms with Crippen molar-refractivity contribution in [3.63, 3.8) is 0 Å². The summed E-state index contributed by atoms with van der Waals surface area (Å²) in [5.74, 6) is -0.239. The van der Waals surface area contributed by atoms with Gasteiger partial charge < -0.3 is 10.2 Å². The molecule has 2 rings (SSSR count). The molecule has 112 valence electrons. The van der Waals surface area contributed by atoms with Gasteiger partial charge >= 0.3 is 0 Å². The number of carbonyl (C=O) groups is 1. The number of hydrogen-bond acceptors (Lipinski definition) is 4. The average Bonchev–Trinajstić information content (AvgIpc) is 2.56. The highest BCUT2D eigenvalue weighted by Crippen LogP contribution is 2.16. The molecule has 5 heteroatoms. The number of amides is 1. The first kappa shape index (κ1) is 15.5. The summed E-state index contributed by atoms with van der Waals surface area (Å²) >= 11 is 0. The average molecular weight is 294 g/mol. The van der Waals surface area contributed by atoms with Gasteiger partial charge in [-0.1, -0.05) is 6.07 Å². The second-order valence-corrected chi connectivity index (χ2v) is 4.75. The van der Waals surface area contributed by atoms with E-state index in [2.05, 4.69) is 29.0 Å². The fourth-order valence-electron chi connectivity index (χ4n) is 2.18. The monoisotopic (exact) mass is 294 g/mol. The third kappa shape index (κ3) is 3.61. The summed E-state index contributed by atoms with van der Waals surface area (Å²) in [6.07, 6.45) is 3.29. The number of nitrogens with one attached hydrogen (secondary N) is 1. The molecule has 0 fully saturated rings. The van der Waals surface area contributed by atoms with Crippen molar-refractivity contribution in [1.29, 1.82) is 5.26 Å². The molecule has 0 aliphatic heterocycles. The Bertz CT molecular complexity index is 702. The van der Waals surface area contributed by atoms with Crippen LogP contribution >= 0.6 is 0 Å². The Morgan fingerprint density at radius 1 is 1.27 bits per heavy atom. The zero-order chi connectivity index (χ0) is 15.9. The number of nitriles is 1. The van der Waals surface area contributed by atoms with Crippen molar-refractivity contribution in [3.05, 3.63) is 53.9 Å². The van der Waals surface area contributed by atoms with Gasteiger partial charge in [0.2, 0.25) is 0 Å². The van der Waals surface area contributed by atoms with Crippen LogP contribution in [0.15, 0.2) is 42.7 Å². The van der Waals surface area contributed by atoms with E-state index < -0.39 is 0 Å². The SMILES string of the molecule is CCN(CC)c1cncc(C(=O)Nc2cccc(C#N)c2)c1. The zero-order valence-electron chi connectivity index (χ0n) is 12.7. The summed E-state index contributed by atoms with van der Waals surface area (Å²) < 4.78 is 0. The molecule has 2 aromatic rings. The Morgan fingerprint density at radius 3 is 2.73 bits per heavy atom. The maximum atomic E-state index is 12.3. The van der Waals surface area contributed by atoms with Gasteiger partial charge in [0, 0.05) is 25.0 Å². The lowest BCUT2D eigenvalue weighted by Gasteiger charge is -2.20. The molecule has 1 heterocycles. The Kier molecular flexibility index (Phi) is 5.10. The van der Waals surface area contributed by atoms with Crippen LogP contribution < -0.4 is 10.2 Å². The molecular weight excluding hydrogens is 276 g/mol. The maximum absolute atomic E-state index is 12.3. The molecule has 1 aromatic carbocycles. The molecule has 0 spiro atoms. The minimum Gasteiger partial charge on any atom is -0.371 e. The van der Waals surface area contributed by atoms with Gasteiger partial charge in [-0.25, -0.2) is 0 Å². The topological polar surface area (TPSA) is 69.0 Å². The van der Waals surface area contributed by atoms with Gasteiger partial charge in [-0.3, -0.25) is 9.78 Å². The number of pyridine rings is 1. The number of carbonyl (C=O) groups excluding carboxylic acids is 1.